The summed E-state index contributed by atoms with van der Waals surface area (Å²) in [6.07, 6.45) is 1.57. The summed E-state index contributed by atoms with van der Waals surface area (Å²) in [4.78, 5) is 12.0. The van der Waals surface area contributed by atoms with E-state index in [4.69, 9.17) is 9.47 Å². The molecule has 1 amide bonds. The molecule has 6 nitrogen and oxygen atoms in total. The highest BCUT2D eigenvalue weighted by Crippen LogP contribution is 2.34. The molecule has 160 valence electrons. The molecule has 0 saturated heterocycles. The zero-order valence-electron chi connectivity index (χ0n) is 16.8. The molecule has 0 unspecified atom stereocenters. The van der Waals surface area contributed by atoms with Crippen molar-refractivity contribution in [3.63, 3.8) is 0 Å². The van der Waals surface area contributed by atoms with Crippen LogP contribution in [0, 0.1) is 3.57 Å². The summed E-state index contributed by atoms with van der Waals surface area (Å²) < 4.78 is 13.3. The first-order chi connectivity index (χ1) is 15.0. The van der Waals surface area contributed by atoms with E-state index in [1.807, 2.05) is 66.7 Å². The third kappa shape index (κ3) is 7.25. The lowest BCUT2D eigenvalue weighted by molar-refractivity contribution is -0.119. The minimum atomic E-state index is -0.247. The lowest BCUT2D eigenvalue weighted by Gasteiger charge is -2.13. The molecular weight excluding hydrogens is 573 g/mol. The second-order valence-electron chi connectivity index (χ2n) is 6.46. The van der Waals surface area contributed by atoms with Crippen LogP contribution in [0.3, 0.4) is 0 Å². The topological polar surface area (TPSA) is 72.0 Å². The minimum Gasteiger partial charge on any atom is -0.493 e. The third-order valence-electron chi connectivity index (χ3n) is 4.18. The second kappa shape index (κ2) is 11.7. The van der Waals surface area contributed by atoms with Gasteiger partial charge in [-0.3, -0.25) is 4.79 Å². The van der Waals surface area contributed by atoms with E-state index in [2.05, 4.69) is 54.4 Å². The number of ether oxygens (including phenoxy) is 2. The van der Waals surface area contributed by atoms with Gasteiger partial charge in [-0.2, -0.15) is 5.10 Å². The number of hydrazone groups is 1. The summed E-state index contributed by atoms with van der Waals surface area (Å²) in [5.41, 5.74) is 5.23. The van der Waals surface area contributed by atoms with E-state index in [9.17, 15) is 4.79 Å². The summed E-state index contributed by atoms with van der Waals surface area (Å²) in [6.45, 7) is 0.564. The van der Waals surface area contributed by atoms with E-state index >= 15 is 0 Å². The van der Waals surface area contributed by atoms with E-state index < -0.39 is 0 Å². The smallest absolute Gasteiger partial charge is 0.259 e. The number of rotatable bonds is 9. The number of carbonyl (C=O) groups is 1. The van der Waals surface area contributed by atoms with Crippen LogP contribution < -0.4 is 20.2 Å². The van der Waals surface area contributed by atoms with Crippen LogP contribution in [0.4, 0.5) is 5.69 Å². The second-order valence-corrected chi connectivity index (χ2v) is 8.54. The van der Waals surface area contributed by atoms with Crippen molar-refractivity contribution in [3.8, 4) is 11.5 Å². The van der Waals surface area contributed by atoms with E-state index in [1.165, 1.54) is 0 Å². The van der Waals surface area contributed by atoms with Crippen LogP contribution in [-0.2, 0) is 11.4 Å². The number of methoxy groups -OCH3 is 1. The van der Waals surface area contributed by atoms with Crippen molar-refractivity contribution in [2.24, 2.45) is 5.10 Å². The third-order valence-corrected chi connectivity index (χ3v) is 5.51. The number of anilines is 1. The number of hydrogen-bond acceptors (Lipinski definition) is 5. The Bertz CT molecular complexity index is 1040. The average molecular weight is 594 g/mol. The van der Waals surface area contributed by atoms with Crippen LogP contribution in [0.5, 0.6) is 11.5 Å². The van der Waals surface area contributed by atoms with Gasteiger partial charge in [0.2, 0.25) is 0 Å². The number of hydrogen-bond donors (Lipinski definition) is 2. The Morgan fingerprint density at radius 3 is 2.58 bits per heavy atom. The van der Waals surface area contributed by atoms with Gasteiger partial charge in [-0.15, -0.1) is 0 Å². The Morgan fingerprint density at radius 2 is 1.87 bits per heavy atom. The zero-order chi connectivity index (χ0) is 22.1. The van der Waals surface area contributed by atoms with Crippen molar-refractivity contribution in [2.75, 3.05) is 19.0 Å². The Kier molecular flexibility index (Phi) is 8.72. The molecule has 0 aromatic heterocycles. The summed E-state index contributed by atoms with van der Waals surface area (Å²) >= 11 is 5.57. The quantitative estimate of drug-likeness (QED) is 0.203. The molecule has 2 N–H and O–H groups in total. The van der Waals surface area contributed by atoms with E-state index in [-0.39, 0.29) is 12.5 Å². The number of nitrogens with zero attached hydrogens (tertiary/aromatic N) is 1. The fraction of sp³-hybridized carbons (Fsp3) is 0.130. The number of halogens is 2. The average Bonchev–Trinajstić information content (AvgIpc) is 2.78. The first-order valence-electron chi connectivity index (χ1n) is 9.41. The lowest BCUT2D eigenvalue weighted by atomic mass is 10.2. The molecule has 0 aliphatic rings. The first-order valence-corrected chi connectivity index (χ1v) is 11.3. The molecule has 0 heterocycles. The number of nitrogens with one attached hydrogen (secondary N) is 2. The predicted octanol–water partition coefficient (Wildman–Crippen LogP) is 5.20. The van der Waals surface area contributed by atoms with Gasteiger partial charge in [0.25, 0.3) is 5.91 Å². The maximum Gasteiger partial charge on any atom is 0.259 e. The van der Waals surface area contributed by atoms with Gasteiger partial charge in [-0.1, -0.05) is 46.3 Å². The van der Waals surface area contributed by atoms with Gasteiger partial charge in [0.15, 0.2) is 11.5 Å². The summed E-state index contributed by atoms with van der Waals surface area (Å²) in [7, 11) is 1.59. The highest BCUT2D eigenvalue weighted by Gasteiger charge is 2.11. The number of benzene rings is 3. The highest BCUT2D eigenvalue weighted by atomic mass is 127. The molecule has 3 aromatic carbocycles. The lowest BCUT2D eigenvalue weighted by Crippen LogP contribution is -2.25. The molecule has 0 radical (unpaired) electrons. The van der Waals surface area contributed by atoms with E-state index in [0.717, 1.165) is 24.9 Å². The molecule has 0 bridgehead atoms. The minimum absolute atomic E-state index is 0.117. The molecular formula is C23H21BrIN3O3. The molecule has 0 spiro atoms. The summed E-state index contributed by atoms with van der Waals surface area (Å²) in [5, 5.41) is 7.07. The fourth-order valence-corrected chi connectivity index (χ4v) is 3.70. The molecule has 3 rings (SSSR count). The molecule has 0 saturated carbocycles. The van der Waals surface area contributed by atoms with Gasteiger partial charge in [-0.05, 0) is 70.1 Å². The highest BCUT2D eigenvalue weighted by molar-refractivity contribution is 14.1. The fourth-order valence-electron chi connectivity index (χ4n) is 2.65. The molecule has 3 aromatic rings. The van der Waals surface area contributed by atoms with Crippen molar-refractivity contribution in [1.29, 1.82) is 0 Å². The number of amides is 1. The van der Waals surface area contributed by atoms with Crippen molar-refractivity contribution in [2.45, 2.75) is 6.61 Å². The SMILES string of the molecule is COc1cc(/C=N\NC(=O)CNc2ccc(Br)cc2)cc(I)c1OCc1ccccc1. The van der Waals surface area contributed by atoms with Gasteiger partial charge >= 0.3 is 0 Å². The maximum absolute atomic E-state index is 12.0. The Morgan fingerprint density at radius 1 is 1.13 bits per heavy atom. The predicted molar refractivity (Wildman–Crippen MR) is 135 cm³/mol. The van der Waals surface area contributed by atoms with Crippen molar-refractivity contribution in [1.82, 2.24) is 5.43 Å². The largest absolute Gasteiger partial charge is 0.493 e. The van der Waals surface area contributed by atoms with Gasteiger partial charge in [0.1, 0.15) is 6.61 Å². The Labute approximate surface area is 203 Å². The molecule has 0 fully saturated rings. The van der Waals surface area contributed by atoms with Crippen molar-refractivity contribution >= 4 is 56.3 Å². The van der Waals surface area contributed by atoms with Crippen molar-refractivity contribution < 1.29 is 14.3 Å². The van der Waals surface area contributed by atoms with Crippen LogP contribution >= 0.6 is 38.5 Å². The zero-order valence-corrected chi connectivity index (χ0v) is 20.5. The van der Waals surface area contributed by atoms with Crippen LogP contribution in [-0.4, -0.2) is 25.8 Å². The van der Waals surface area contributed by atoms with Crippen LogP contribution in [0.15, 0.2) is 76.3 Å². The standard InChI is InChI=1S/C23H21BrIN3O3/c1-30-21-12-17(11-20(25)23(21)31-15-16-5-3-2-4-6-16)13-27-28-22(29)14-26-19-9-7-18(24)8-10-19/h2-13,26H,14-15H2,1H3,(H,28,29)/b27-13-. The Balaban J connectivity index is 1.56. The maximum atomic E-state index is 12.0. The normalized spacial score (nSPS) is 10.7. The number of carbonyl (C=O) groups excluding carboxylic acids is 1. The summed E-state index contributed by atoms with van der Waals surface area (Å²) in [5.74, 6) is 1.03. The Hall–Kier alpha value is -2.59. The van der Waals surface area contributed by atoms with Crippen LogP contribution in [0.1, 0.15) is 11.1 Å². The van der Waals surface area contributed by atoms with Crippen LogP contribution in [0.2, 0.25) is 0 Å². The molecule has 31 heavy (non-hydrogen) atoms. The van der Waals surface area contributed by atoms with Gasteiger partial charge in [-0.25, -0.2) is 5.43 Å². The van der Waals surface area contributed by atoms with Gasteiger partial charge in [0.05, 0.1) is 23.4 Å². The monoisotopic (exact) mass is 593 g/mol. The molecule has 0 aliphatic carbocycles. The van der Waals surface area contributed by atoms with Gasteiger partial charge < -0.3 is 14.8 Å². The van der Waals surface area contributed by atoms with Crippen LogP contribution in [0.25, 0.3) is 0 Å². The summed E-state index contributed by atoms with van der Waals surface area (Å²) in [6, 6.07) is 21.2. The molecule has 0 aliphatic heterocycles. The van der Waals surface area contributed by atoms with Crippen molar-refractivity contribution in [3.05, 3.63) is 85.9 Å². The van der Waals surface area contributed by atoms with E-state index in [0.29, 0.717) is 18.1 Å². The first kappa shape index (κ1) is 23.1. The molecule has 8 heteroatoms. The van der Waals surface area contributed by atoms with E-state index in [1.54, 1.807) is 13.3 Å². The van der Waals surface area contributed by atoms with Gasteiger partial charge in [0, 0.05) is 10.2 Å². The molecule has 0 atom stereocenters.